The number of anilines is 1. The van der Waals surface area contributed by atoms with Crippen molar-refractivity contribution >= 4 is 34.0 Å². The zero-order valence-electron chi connectivity index (χ0n) is 10.9. The molecule has 4 nitrogen and oxygen atoms in total. The Morgan fingerprint density at radius 2 is 2.40 bits per heavy atom. The van der Waals surface area contributed by atoms with E-state index in [-0.39, 0.29) is 11.8 Å². The maximum absolute atomic E-state index is 12.2. The molecule has 2 heterocycles. The van der Waals surface area contributed by atoms with Gasteiger partial charge in [0.05, 0.1) is 5.92 Å². The molecule has 0 bridgehead atoms. The van der Waals surface area contributed by atoms with Crippen LogP contribution in [0.2, 0.25) is 5.02 Å². The maximum atomic E-state index is 12.2. The normalized spacial score (nSPS) is 17.2. The summed E-state index contributed by atoms with van der Waals surface area (Å²) < 4.78 is 5.62. The SMILES string of the molecule is Cc1cnc(NC(=O)C2COc3ccc(Cl)cc3C2)s1. The number of fused-ring (bicyclic) bond motifs is 1. The van der Waals surface area contributed by atoms with E-state index in [1.165, 1.54) is 11.3 Å². The molecule has 20 heavy (non-hydrogen) atoms. The molecule has 3 rings (SSSR count). The predicted octanol–water partition coefficient (Wildman–Crippen LogP) is 3.29. The first-order chi connectivity index (χ1) is 9.61. The van der Waals surface area contributed by atoms with Gasteiger partial charge in [0.2, 0.25) is 5.91 Å². The molecular weight excluding hydrogens is 296 g/mol. The van der Waals surface area contributed by atoms with Gasteiger partial charge in [-0.3, -0.25) is 4.79 Å². The van der Waals surface area contributed by atoms with Crippen LogP contribution in [0.25, 0.3) is 0 Å². The van der Waals surface area contributed by atoms with Gasteiger partial charge in [0.1, 0.15) is 12.4 Å². The topological polar surface area (TPSA) is 51.2 Å². The van der Waals surface area contributed by atoms with Crippen molar-refractivity contribution in [1.29, 1.82) is 0 Å². The molecule has 1 aromatic heterocycles. The lowest BCUT2D eigenvalue weighted by Gasteiger charge is -2.24. The van der Waals surface area contributed by atoms with Crippen LogP contribution in [-0.4, -0.2) is 17.5 Å². The lowest BCUT2D eigenvalue weighted by Crippen LogP contribution is -2.32. The van der Waals surface area contributed by atoms with Crippen molar-refractivity contribution < 1.29 is 9.53 Å². The van der Waals surface area contributed by atoms with Crippen LogP contribution in [-0.2, 0) is 11.2 Å². The molecule has 0 spiro atoms. The van der Waals surface area contributed by atoms with Crippen LogP contribution in [0, 0.1) is 12.8 Å². The highest BCUT2D eigenvalue weighted by Gasteiger charge is 2.26. The van der Waals surface area contributed by atoms with Crippen molar-refractivity contribution in [2.75, 3.05) is 11.9 Å². The van der Waals surface area contributed by atoms with Crippen LogP contribution in [0.4, 0.5) is 5.13 Å². The van der Waals surface area contributed by atoms with Gasteiger partial charge >= 0.3 is 0 Å². The summed E-state index contributed by atoms with van der Waals surface area (Å²) in [7, 11) is 0. The van der Waals surface area contributed by atoms with Crippen LogP contribution < -0.4 is 10.1 Å². The number of hydrogen-bond acceptors (Lipinski definition) is 4. The summed E-state index contributed by atoms with van der Waals surface area (Å²) in [4.78, 5) is 17.4. The molecule has 1 aliphatic rings. The lowest BCUT2D eigenvalue weighted by atomic mass is 9.96. The van der Waals surface area contributed by atoms with E-state index in [0.29, 0.717) is 23.2 Å². The van der Waals surface area contributed by atoms with Crippen molar-refractivity contribution in [1.82, 2.24) is 4.98 Å². The van der Waals surface area contributed by atoms with Gasteiger partial charge in [-0.1, -0.05) is 11.6 Å². The van der Waals surface area contributed by atoms with E-state index in [9.17, 15) is 4.79 Å². The van der Waals surface area contributed by atoms with Crippen LogP contribution in [0.1, 0.15) is 10.4 Å². The minimum absolute atomic E-state index is 0.0648. The number of nitrogens with one attached hydrogen (secondary N) is 1. The Hall–Kier alpha value is -1.59. The van der Waals surface area contributed by atoms with Crippen molar-refractivity contribution in [3.8, 4) is 5.75 Å². The molecule has 0 saturated carbocycles. The Kier molecular flexibility index (Phi) is 3.63. The average Bonchev–Trinajstić information content (AvgIpc) is 2.83. The number of aromatic nitrogens is 1. The van der Waals surface area contributed by atoms with E-state index >= 15 is 0 Å². The number of carbonyl (C=O) groups excluding carboxylic acids is 1. The van der Waals surface area contributed by atoms with Crippen molar-refractivity contribution in [2.24, 2.45) is 5.92 Å². The highest BCUT2D eigenvalue weighted by molar-refractivity contribution is 7.15. The van der Waals surface area contributed by atoms with E-state index in [1.807, 2.05) is 19.1 Å². The molecule has 6 heteroatoms. The largest absolute Gasteiger partial charge is 0.492 e. The van der Waals surface area contributed by atoms with Crippen LogP contribution in [0.3, 0.4) is 0 Å². The van der Waals surface area contributed by atoms with E-state index in [2.05, 4.69) is 10.3 Å². The lowest BCUT2D eigenvalue weighted by molar-refractivity contribution is -0.121. The molecule has 1 aromatic carbocycles. The number of thiazole rings is 1. The Bertz CT molecular complexity index is 656. The second-order valence-corrected chi connectivity index (χ2v) is 6.40. The second-order valence-electron chi connectivity index (χ2n) is 4.73. The molecule has 0 fully saturated rings. The Morgan fingerprint density at radius 1 is 1.55 bits per heavy atom. The van der Waals surface area contributed by atoms with Gasteiger partial charge in [0, 0.05) is 16.1 Å². The minimum Gasteiger partial charge on any atom is -0.492 e. The van der Waals surface area contributed by atoms with Crippen molar-refractivity contribution in [2.45, 2.75) is 13.3 Å². The van der Waals surface area contributed by atoms with Crippen molar-refractivity contribution in [3.63, 3.8) is 0 Å². The summed E-state index contributed by atoms with van der Waals surface area (Å²) in [6, 6.07) is 5.49. The fourth-order valence-corrected chi connectivity index (χ4v) is 3.01. The number of amides is 1. The molecule has 0 saturated heterocycles. The molecule has 1 atom stereocenters. The number of benzene rings is 1. The summed E-state index contributed by atoms with van der Waals surface area (Å²) in [5.41, 5.74) is 0.971. The fourth-order valence-electron chi connectivity index (χ4n) is 2.15. The monoisotopic (exact) mass is 308 g/mol. The van der Waals surface area contributed by atoms with E-state index in [0.717, 1.165) is 16.2 Å². The average molecular weight is 309 g/mol. The number of rotatable bonds is 2. The Morgan fingerprint density at radius 3 is 3.15 bits per heavy atom. The van der Waals surface area contributed by atoms with Gasteiger partial charge in [-0.25, -0.2) is 4.98 Å². The molecule has 1 amide bonds. The van der Waals surface area contributed by atoms with Gasteiger partial charge in [0.15, 0.2) is 5.13 Å². The van der Waals surface area contributed by atoms with E-state index < -0.39 is 0 Å². The quantitative estimate of drug-likeness (QED) is 0.926. The first kappa shape index (κ1) is 13.4. The number of ether oxygens (including phenoxy) is 1. The standard InChI is InChI=1S/C14H13ClN2O2S/c1-8-6-16-14(20-8)17-13(18)10-4-9-5-11(15)2-3-12(9)19-7-10/h2-3,5-6,10H,4,7H2,1H3,(H,16,17,18). The number of aryl methyl sites for hydroxylation is 1. The van der Waals surface area contributed by atoms with Gasteiger partial charge in [-0.15, -0.1) is 11.3 Å². The van der Waals surface area contributed by atoms with Gasteiger partial charge in [-0.2, -0.15) is 0 Å². The number of carbonyl (C=O) groups is 1. The highest BCUT2D eigenvalue weighted by atomic mass is 35.5. The fraction of sp³-hybridized carbons (Fsp3) is 0.286. The van der Waals surface area contributed by atoms with E-state index in [4.69, 9.17) is 16.3 Å². The molecule has 1 unspecified atom stereocenters. The molecule has 0 aliphatic carbocycles. The summed E-state index contributed by atoms with van der Waals surface area (Å²) in [5, 5.41) is 4.12. The summed E-state index contributed by atoms with van der Waals surface area (Å²) in [6.45, 7) is 2.33. The molecule has 1 aliphatic heterocycles. The Balaban J connectivity index is 1.71. The smallest absolute Gasteiger partial charge is 0.233 e. The van der Waals surface area contributed by atoms with Crippen LogP contribution in [0.15, 0.2) is 24.4 Å². The Labute approximate surface area is 125 Å². The number of halogens is 1. The van der Waals surface area contributed by atoms with Crippen LogP contribution >= 0.6 is 22.9 Å². The third-order valence-corrected chi connectivity index (χ3v) is 4.21. The van der Waals surface area contributed by atoms with Crippen molar-refractivity contribution in [3.05, 3.63) is 39.9 Å². The number of hydrogen-bond donors (Lipinski definition) is 1. The first-order valence-electron chi connectivity index (χ1n) is 6.26. The van der Waals surface area contributed by atoms with Crippen LogP contribution in [0.5, 0.6) is 5.75 Å². The first-order valence-corrected chi connectivity index (χ1v) is 7.46. The van der Waals surface area contributed by atoms with Gasteiger partial charge < -0.3 is 10.1 Å². The zero-order chi connectivity index (χ0) is 14.1. The van der Waals surface area contributed by atoms with E-state index in [1.54, 1.807) is 12.3 Å². The highest BCUT2D eigenvalue weighted by Crippen LogP contribution is 2.30. The zero-order valence-corrected chi connectivity index (χ0v) is 12.4. The summed E-state index contributed by atoms with van der Waals surface area (Å²) >= 11 is 7.44. The molecule has 1 N–H and O–H groups in total. The summed E-state index contributed by atoms with van der Waals surface area (Å²) in [6.07, 6.45) is 2.37. The predicted molar refractivity (Wildman–Crippen MR) is 79.6 cm³/mol. The molecule has 0 radical (unpaired) electrons. The summed E-state index contributed by atoms with van der Waals surface area (Å²) in [5.74, 6) is 0.527. The minimum atomic E-state index is -0.217. The molecular formula is C14H13ClN2O2S. The third-order valence-electron chi connectivity index (χ3n) is 3.15. The maximum Gasteiger partial charge on any atom is 0.233 e. The molecule has 2 aromatic rings. The molecule has 104 valence electrons. The third kappa shape index (κ3) is 2.78. The van der Waals surface area contributed by atoms with Gasteiger partial charge in [0.25, 0.3) is 0 Å². The number of nitrogens with zero attached hydrogens (tertiary/aromatic N) is 1. The van der Waals surface area contributed by atoms with Gasteiger partial charge in [-0.05, 0) is 37.1 Å². The second kappa shape index (κ2) is 5.42.